The molecule has 1 aliphatic rings. The van der Waals surface area contributed by atoms with E-state index in [-0.39, 0.29) is 23.3 Å². The predicted octanol–water partition coefficient (Wildman–Crippen LogP) is 2.32. The molecule has 0 N–H and O–H groups in total. The van der Waals surface area contributed by atoms with Gasteiger partial charge in [0.15, 0.2) is 0 Å². The van der Waals surface area contributed by atoms with Gasteiger partial charge in [0.2, 0.25) is 0 Å². The van der Waals surface area contributed by atoms with E-state index in [9.17, 15) is 10.1 Å². The lowest BCUT2D eigenvalue weighted by Crippen LogP contribution is -2.05. The first-order chi connectivity index (χ1) is 7.85. The molecular formula is C10H15N3O2. The quantitative estimate of drug-likeness (QED) is 0.567. The van der Waals surface area contributed by atoms with Crippen molar-refractivity contribution in [3.05, 3.63) is 21.9 Å². The number of nitrogens with zero attached hydrogens (tertiary/aromatic N) is 3. The summed E-state index contributed by atoms with van der Waals surface area (Å²) in [4.78, 5) is 10.6. The van der Waals surface area contributed by atoms with Crippen molar-refractivity contribution in [2.45, 2.75) is 39.1 Å². The van der Waals surface area contributed by atoms with Gasteiger partial charge in [0, 0.05) is 2.74 Å². The molecule has 1 heterocycles. The first kappa shape index (κ1) is 7.84. The monoisotopic (exact) mass is 211 g/mol. The Morgan fingerprint density at radius 3 is 2.93 bits per heavy atom. The highest BCUT2D eigenvalue weighted by atomic mass is 16.6. The van der Waals surface area contributed by atoms with Gasteiger partial charge in [-0.3, -0.25) is 0 Å². The second-order valence-electron chi connectivity index (χ2n) is 4.11. The Labute approximate surface area is 91.1 Å². The van der Waals surface area contributed by atoms with Crippen LogP contribution in [0.15, 0.2) is 6.20 Å². The fraction of sp³-hybridized carbons (Fsp3) is 0.700. The van der Waals surface area contributed by atoms with Crippen molar-refractivity contribution < 1.29 is 7.66 Å². The minimum atomic E-state index is -1.73. The summed E-state index contributed by atoms with van der Waals surface area (Å²) in [5, 5.41) is 15.1. The van der Waals surface area contributed by atoms with E-state index in [0.29, 0.717) is 0 Å². The second kappa shape index (κ2) is 3.64. The lowest BCUT2D eigenvalue weighted by molar-refractivity contribution is -0.393. The van der Waals surface area contributed by atoms with E-state index in [0.717, 1.165) is 12.8 Å². The Hall–Kier alpha value is -1.39. The Kier molecular flexibility index (Phi) is 1.90. The lowest BCUT2D eigenvalue weighted by Gasteiger charge is -2.03. The maximum Gasteiger partial charge on any atom is 0.348 e. The Balaban J connectivity index is 2.51. The molecule has 2 rings (SSSR count). The molecule has 0 aliphatic heterocycles. The maximum absolute atomic E-state index is 11.1. The van der Waals surface area contributed by atoms with E-state index in [1.807, 2.05) is 0 Å². The van der Waals surface area contributed by atoms with Gasteiger partial charge in [0.1, 0.15) is 6.04 Å². The van der Waals surface area contributed by atoms with Gasteiger partial charge in [-0.25, -0.2) is 0 Å². The van der Waals surface area contributed by atoms with Gasteiger partial charge in [-0.1, -0.05) is 18.9 Å². The number of hydrogen-bond acceptors (Lipinski definition) is 3. The van der Waals surface area contributed by atoms with E-state index in [4.69, 9.17) is 2.74 Å². The molecule has 1 aromatic rings. The number of hydrogen-bond donors (Lipinski definition) is 0. The summed E-state index contributed by atoms with van der Waals surface area (Å²) >= 11 is 0. The second-order valence-corrected chi connectivity index (χ2v) is 4.11. The summed E-state index contributed by atoms with van der Waals surface area (Å²) in [5.41, 5.74) is 0.0874. The van der Waals surface area contributed by atoms with Crippen LogP contribution < -0.4 is 0 Å². The summed E-state index contributed by atoms with van der Waals surface area (Å²) in [6.07, 6.45) is 1.34. The van der Waals surface area contributed by atoms with Gasteiger partial charge >= 0.3 is 5.82 Å². The Morgan fingerprint density at radius 1 is 1.80 bits per heavy atom. The molecule has 0 spiro atoms. The van der Waals surface area contributed by atoms with E-state index < -0.39 is 11.3 Å². The van der Waals surface area contributed by atoms with Crippen LogP contribution in [-0.2, 0) is 6.37 Å². The molecule has 15 heavy (non-hydrogen) atoms. The average molecular weight is 211 g/mol. The zero-order chi connectivity index (χ0) is 12.8. The molecule has 1 aliphatic carbocycles. The molecule has 5 nitrogen and oxygen atoms in total. The highest BCUT2D eigenvalue weighted by Gasteiger charge is 2.35. The molecule has 0 amide bonds. The molecule has 1 aromatic heterocycles. The first-order valence-corrected chi connectivity index (χ1v) is 5.08. The van der Waals surface area contributed by atoms with Crippen LogP contribution in [-0.4, -0.2) is 14.7 Å². The van der Waals surface area contributed by atoms with Crippen LogP contribution in [0.25, 0.3) is 0 Å². The zero-order valence-electron chi connectivity index (χ0n) is 10.8. The van der Waals surface area contributed by atoms with Crippen molar-refractivity contribution in [3.8, 4) is 0 Å². The summed E-state index contributed by atoms with van der Waals surface area (Å²) in [5.74, 6) is -0.524. The first-order valence-electron chi connectivity index (χ1n) is 6.08. The molecule has 0 bridgehead atoms. The van der Waals surface area contributed by atoms with Gasteiger partial charge in [0.25, 0.3) is 0 Å². The van der Waals surface area contributed by atoms with Crippen LogP contribution in [0.5, 0.6) is 0 Å². The minimum Gasteiger partial charge on any atom is -0.358 e. The number of rotatable bonds is 4. The molecular weight excluding hydrogens is 194 g/mol. The van der Waals surface area contributed by atoms with E-state index in [1.165, 1.54) is 10.9 Å². The van der Waals surface area contributed by atoms with Crippen LogP contribution in [0.2, 0.25) is 0 Å². The molecule has 0 aromatic carbocycles. The van der Waals surface area contributed by atoms with Gasteiger partial charge in [0.05, 0.1) is 11.8 Å². The smallest absolute Gasteiger partial charge is 0.348 e. The normalized spacial score (nSPS) is 18.9. The van der Waals surface area contributed by atoms with Crippen LogP contribution >= 0.6 is 0 Å². The van der Waals surface area contributed by atoms with E-state index in [1.54, 1.807) is 13.8 Å². The molecule has 5 heteroatoms. The average Bonchev–Trinajstić information content (AvgIpc) is 2.95. The van der Waals surface area contributed by atoms with E-state index in [2.05, 4.69) is 5.10 Å². The van der Waals surface area contributed by atoms with Crippen LogP contribution in [0.1, 0.15) is 41.0 Å². The summed E-state index contributed by atoms with van der Waals surface area (Å²) < 4.78 is 17.2. The summed E-state index contributed by atoms with van der Waals surface area (Å²) in [7, 11) is 0. The Morgan fingerprint density at radius 2 is 2.47 bits per heavy atom. The van der Waals surface area contributed by atoms with Gasteiger partial charge in [-0.05, 0) is 30.1 Å². The van der Waals surface area contributed by atoms with Gasteiger partial charge in [-0.15, -0.1) is 4.68 Å². The maximum atomic E-state index is 11.1. The topological polar surface area (TPSA) is 61.0 Å². The largest absolute Gasteiger partial charge is 0.358 e. The van der Waals surface area contributed by atoms with Crippen molar-refractivity contribution in [3.63, 3.8) is 0 Å². The number of aromatic nitrogens is 2. The molecule has 0 atom stereocenters. The third-order valence-corrected chi connectivity index (χ3v) is 2.28. The van der Waals surface area contributed by atoms with Crippen molar-refractivity contribution in [2.75, 3.05) is 0 Å². The van der Waals surface area contributed by atoms with Crippen molar-refractivity contribution in [1.82, 2.24) is 9.78 Å². The lowest BCUT2D eigenvalue weighted by atomic mass is 10.1. The molecule has 0 unspecified atom stereocenters. The van der Waals surface area contributed by atoms with Crippen LogP contribution in [0, 0.1) is 16.0 Å². The third kappa shape index (κ3) is 2.00. The van der Waals surface area contributed by atoms with Crippen molar-refractivity contribution in [2.24, 2.45) is 5.92 Å². The van der Waals surface area contributed by atoms with Gasteiger partial charge < -0.3 is 10.1 Å². The summed E-state index contributed by atoms with van der Waals surface area (Å²) in [6, 6.07) is 0.0760. The molecule has 1 saturated carbocycles. The SMILES string of the molecule is [2H]C([2H])(c1cnn(C2CC2)c1[N+](=O)[O-])C(C)C. The number of nitro groups is 1. The molecule has 82 valence electrons. The molecule has 0 radical (unpaired) electrons. The minimum absolute atomic E-state index is 0.0760. The zero-order valence-corrected chi connectivity index (χ0v) is 8.80. The van der Waals surface area contributed by atoms with Gasteiger partial charge in [-0.2, -0.15) is 0 Å². The van der Waals surface area contributed by atoms with E-state index >= 15 is 0 Å². The highest BCUT2D eigenvalue weighted by Crippen LogP contribution is 2.38. The predicted molar refractivity (Wildman–Crippen MR) is 55.7 cm³/mol. The summed E-state index contributed by atoms with van der Waals surface area (Å²) in [6.45, 7) is 3.41. The van der Waals surface area contributed by atoms with Crippen LogP contribution in [0.4, 0.5) is 5.82 Å². The molecule has 1 fully saturated rings. The molecule has 0 saturated heterocycles. The highest BCUT2D eigenvalue weighted by molar-refractivity contribution is 5.32. The van der Waals surface area contributed by atoms with Crippen molar-refractivity contribution >= 4 is 5.82 Å². The fourth-order valence-electron chi connectivity index (χ4n) is 1.54. The fourth-order valence-corrected chi connectivity index (χ4v) is 1.54. The van der Waals surface area contributed by atoms with Crippen LogP contribution in [0.3, 0.4) is 0 Å². The Bertz CT molecular complexity index is 452. The third-order valence-electron chi connectivity index (χ3n) is 2.28. The van der Waals surface area contributed by atoms with Crippen molar-refractivity contribution in [1.29, 1.82) is 0 Å². The standard InChI is InChI=1S/C10H15N3O2/c1-7(2)5-8-6-11-12(9-3-4-9)10(8)13(14)15/h6-7,9H,3-5H2,1-2H3/i5D2.